The molecule has 5 heterocycles. The normalized spacial score (nSPS) is 17.6. The first-order valence-corrected chi connectivity index (χ1v) is 9.29. The van der Waals surface area contributed by atoms with Crippen LogP contribution < -0.4 is 15.4 Å². The average Bonchev–Trinajstić information content (AvgIpc) is 3.39. The van der Waals surface area contributed by atoms with E-state index in [2.05, 4.69) is 30.8 Å². The van der Waals surface area contributed by atoms with Gasteiger partial charge in [-0.25, -0.2) is 10.1 Å². The van der Waals surface area contributed by atoms with Crippen molar-refractivity contribution in [1.82, 2.24) is 25.5 Å². The Morgan fingerprint density at radius 1 is 1.14 bits per heavy atom. The lowest BCUT2D eigenvalue weighted by Crippen LogP contribution is -2.25. The number of anilines is 1. The van der Waals surface area contributed by atoms with E-state index in [4.69, 9.17) is 4.74 Å². The molecule has 0 fully saturated rings. The number of aromatic amines is 2. The molecule has 146 valence electrons. The highest BCUT2D eigenvalue weighted by atomic mass is 16.5. The summed E-state index contributed by atoms with van der Waals surface area (Å²) >= 11 is 0. The summed E-state index contributed by atoms with van der Waals surface area (Å²) in [6.07, 6.45) is 3.94. The van der Waals surface area contributed by atoms with Crippen molar-refractivity contribution in [3.63, 3.8) is 0 Å². The molecule has 2 aliphatic heterocycles. The van der Waals surface area contributed by atoms with Crippen LogP contribution in [0.25, 0.3) is 22.9 Å². The van der Waals surface area contributed by atoms with E-state index in [9.17, 15) is 9.59 Å². The summed E-state index contributed by atoms with van der Waals surface area (Å²) in [5, 5.41) is 12.6. The molecule has 0 aliphatic carbocycles. The van der Waals surface area contributed by atoms with Crippen LogP contribution in [0, 0.1) is 6.92 Å². The fraction of sp³-hybridized carbons (Fsp3) is 0.200. The number of aryl methyl sites for hydroxylation is 1. The Morgan fingerprint density at radius 3 is 2.93 bits per heavy atom. The number of carbonyl (C=O) groups is 2. The molecule has 9 heteroatoms. The zero-order valence-corrected chi connectivity index (χ0v) is 15.6. The Kier molecular flexibility index (Phi) is 3.94. The van der Waals surface area contributed by atoms with Crippen LogP contribution in [-0.2, 0) is 4.79 Å². The number of rotatable bonds is 0. The fourth-order valence-electron chi connectivity index (χ4n) is 3.51. The molecule has 5 rings (SSSR count). The van der Waals surface area contributed by atoms with Crippen molar-refractivity contribution in [2.75, 3.05) is 18.5 Å². The molecule has 2 bridgehead atoms. The van der Waals surface area contributed by atoms with Gasteiger partial charge in [0.15, 0.2) is 0 Å². The van der Waals surface area contributed by atoms with Crippen molar-refractivity contribution < 1.29 is 14.3 Å². The number of aromatic nitrogens is 4. The number of amides is 2. The molecule has 0 unspecified atom stereocenters. The average molecular weight is 390 g/mol. The topological polar surface area (TPSA) is 125 Å². The molecule has 0 spiro atoms. The maximum absolute atomic E-state index is 12.6. The number of nitrogens with zero attached hydrogens (tertiary/aromatic N) is 2. The second-order valence-electron chi connectivity index (χ2n) is 6.96. The summed E-state index contributed by atoms with van der Waals surface area (Å²) in [4.78, 5) is 33.1. The predicted octanol–water partition coefficient (Wildman–Crippen LogP) is 2.11. The van der Waals surface area contributed by atoms with Crippen molar-refractivity contribution in [2.24, 2.45) is 0 Å². The van der Waals surface area contributed by atoms with Crippen LogP contribution in [-0.4, -0.2) is 45.1 Å². The number of pyridine rings is 1. The Balaban J connectivity index is 1.69. The van der Waals surface area contributed by atoms with Crippen LogP contribution in [0.4, 0.5) is 5.69 Å². The molecule has 2 aliphatic rings. The minimum atomic E-state index is -0.267. The summed E-state index contributed by atoms with van der Waals surface area (Å²) in [5.41, 5.74) is 4.76. The van der Waals surface area contributed by atoms with E-state index >= 15 is 0 Å². The number of H-pyrrole nitrogens is 2. The summed E-state index contributed by atoms with van der Waals surface area (Å²) < 4.78 is 5.79. The maximum atomic E-state index is 12.6. The largest absolute Gasteiger partial charge is 0.477 e. The Hall–Kier alpha value is -3.88. The zero-order chi connectivity index (χ0) is 20.0. The van der Waals surface area contributed by atoms with Crippen LogP contribution in [0.5, 0.6) is 5.88 Å². The van der Waals surface area contributed by atoms with Crippen molar-refractivity contribution in [3.8, 4) is 17.1 Å². The highest BCUT2D eigenvalue weighted by molar-refractivity contribution is 6.34. The van der Waals surface area contributed by atoms with Crippen LogP contribution in [0.15, 0.2) is 24.4 Å². The van der Waals surface area contributed by atoms with Gasteiger partial charge in [-0.05, 0) is 37.6 Å². The highest BCUT2D eigenvalue weighted by Gasteiger charge is 2.28. The number of nitrogens with one attached hydrogen (secondary N) is 4. The minimum Gasteiger partial charge on any atom is -0.477 e. The van der Waals surface area contributed by atoms with Gasteiger partial charge in [-0.2, -0.15) is 5.10 Å². The third-order valence-electron chi connectivity index (χ3n) is 4.89. The second-order valence-corrected chi connectivity index (χ2v) is 6.96. The molecule has 29 heavy (non-hydrogen) atoms. The minimum absolute atomic E-state index is 0.210. The van der Waals surface area contributed by atoms with E-state index in [0.29, 0.717) is 64.9 Å². The molecule has 9 nitrogen and oxygen atoms in total. The van der Waals surface area contributed by atoms with E-state index in [1.165, 1.54) is 0 Å². The Morgan fingerprint density at radius 2 is 2.03 bits per heavy atom. The zero-order valence-electron chi connectivity index (χ0n) is 15.6. The number of hydrogen-bond acceptors (Lipinski definition) is 5. The summed E-state index contributed by atoms with van der Waals surface area (Å²) in [6.45, 7) is 2.73. The number of ether oxygens (including phenoxy) is 1. The third-order valence-corrected chi connectivity index (χ3v) is 4.89. The van der Waals surface area contributed by atoms with E-state index in [-0.39, 0.29) is 11.8 Å². The quantitative estimate of drug-likeness (QED) is 0.468. The van der Waals surface area contributed by atoms with E-state index in [0.717, 1.165) is 5.69 Å². The monoisotopic (exact) mass is 390 g/mol. The van der Waals surface area contributed by atoms with Gasteiger partial charge < -0.3 is 20.4 Å². The van der Waals surface area contributed by atoms with Crippen LogP contribution in [0.3, 0.4) is 0 Å². The van der Waals surface area contributed by atoms with E-state index in [1.807, 2.05) is 13.0 Å². The van der Waals surface area contributed by atoms with Crippen molar-refractivity contribution in [2.45, 2.75) is 13.3 Å². The fourth-order valence-corrected chi connectivity index (χ4v) is 3.51. The lowest BCUT2D eigenvalue weighted by Gasteiger charge is -2.08. The Labute approximate surface area is 165 Å². The molecule has 0 atom stereocenters. The van der Waals surface area contributed by atoms with Gasteiger partial charge in [0, 0.05) is 12.2 Å². The first kappa shape index (κ1) is 17.2. The van der Waals surface area contributed by atoms with Crippen LogP contribution >= 0.6 is 0 Å². The molecule has 0 aromatic carbocycles. The smallest absolute Gasteiger partial charge is 0.258 e. The molecule has 3 aromatic rings. The molecule has 0 saturated carbocycles. The van der Waals surface area contributed by atoms with Gasteiger partial charge in [0.1, 0.15) is 5.69 Å². The van der Waals surface area contributed by atoms with Gasteiger partial charge >= 0.3 is 0 Å². The molecule has 0 saturated heterocycles. The lowest BCUT2D eigenvalue weighted by atomic mass is 10.1. The highest BCUT2D eigenvalue weighted by Crippen LogP contribution is 2.35. The van der Waals surface area contributed by atoms with Gasteiger partial charge in [0.25, 0.3) is 11.8 Å². The number of fused-ring (bicyclic) bond motifs is 4. The van der Waals surface area contributed by atoms with E-state index < -0.39 is 0 Å². The summed E-state index contributed by atoms with van der Waals surface area (Å²) in [5.74, 6) is 0.0252. The van der Waals surface area contributed by atoms with Crippen LogP contribution in [0.1, 0.15) is 33.9 Å². The molecule has 0 radical (unpaired) electrons. The van der Waals surface area contributed by atoms with Crippen LogP contribution in [0.2, 0.25) is 0 Å². The third kappa shape index (κ3) is 2.96. The molecule has 4 N–H and O–H groups in total. The van der Waals surface area contributed by atoms with Gasteiger partial charge in [-0.3, -0.25) is 9.59 Å². The number of hydrogen-bond donors (Lipinski definition) is 4. The molecule has 2 amide bonds. The molecular formula is C20H18N6O3. The van der Waals surface area contributed by atoms with Gasteiger partial charge in [-0.15, -0.1) is 0 Å². The Bertz CT molecular complexity index is 1170. The van der Waals surface area contributed by atoms with Gasteiger partial charge in [0.2, 0.25) is 5.88 Å². The summed E-state index contributed by atoms with van der Waals surface area (Å²) in [7, 11) is 0. The SMILES string of the molecule is Cc1cc2c([nH]1)/C=C1\C(=O)Nc3ccc(nc31)-c1cn[nH]c1OCCCNC2=O. The molecule has 3 aromatic heterocycles. The van der Waals surface area contributed by atoms with Crippen molar-refractivity contribution >= 4 is 29.2 Å². The maximum Gasteiger partial charge on any atom is 0.258 e. The first-order chi connectivity index (χ1) is 14.1. The lowest BCUT2D eigenvalue weighted by molar-refractivity contribution is -0.110. The van der Waals surface area contributed by atoms with Crippen molar-refractivity contribution in [3.05, 3.63) is 47.0 Å². The number of carbonyl (C=O) groups excluding carboxylic acids is 2. The van der Waals surface area contributed by atoms with Gasteiger partial charge in [0.05, 0.1) is 46.6 Å². The molecular weight excluding hydrogens is 372 g/mol. The standard InChI is InChI=1S/C20H18N6O3/c1-10-7-11-16(23-10)8-12-17-15(25-19(12)28)4-3-14(24-17)13-9-22-26-20(13)29-6-2-5-21-18(11)27/h3-4,7-9,23H,2,5-6H2,1H3,(H,21,27)(H,22,26)(H,25,28)/b12-8-. The van der Waals surface area contributed by atoms with Gasteiger partial charge in [-0.1, -0.05) is 0 Å². The first-order valence-electron chi connectivity index (χ1n) is 9.29. The predicted molar refractivity (Wildman–Crippen MR) is 106 cm³/mol. The summed E-state index contributed by atoms with van der Waals surface area (Å²) in [6, 6.07) is 5.39. The second kappa shape index (κ2) is 6.62. The van der Waals surface area contributed by atoms with E-state index in [1.54, 1.807) is 24.4 Å². The van der Waals surface area contributed by atoms with Crippen molar-refractivity contribution in [1.29, 1.82) is 0 Å².